The van der Waals surface area contributed by atoms with E-state index in [1.54, 1.807) is 6.07 Å². The van der Waals surface area contributed by atoms with Gasteiger partial charge in [0.25, 0.3) is 0 Å². The summed E-state index contributed by atoms with van der Waals surface area (Å²) in [6, 6.07) is 5.10. The molecule has 0 radical (unpaired) electrons. The highest BCUT2D eigenvalue weighted by atomic mass is 35.5. The molecule has 0 aromatic heterocycles. The van der Waals surface area contributed by atoms with Gasteiger partial charge in [0.05, 0.1) is 6.42 Å². The van der Waals surface area contributed by atoms with Gasteiger partial charge in [0.2, 0.25) is 0 Å². The number of nitrogens with one attached hydrogen (secondary N) is 2. The van der Waals surface area contributed by atoms with E-state index >= 15 is 0 Å². The lowest BCUT2D eigenvalue weighted by atomic mass is 10.1. The number of carbonyl (C=O) groups is 2. The fraction of sp³-hybridized carbons (Fsp3) is 0.333. The van der Waals surface area contributed by atoms with Gasteiger partial charge in [0.15, 0.2) is 0 Å². The number of aliphatic carboxylic acids is 1. The van der Waals surface area contributed by atoms with Crippen molar-refractivity contribution >= 4 is 23.6 Å². The molecule has 0 fully saturated rings. The van der Waals surface area contributed by atoms with Gasteiger partial charge in [0.1, 0.15) is 0 Å². The molecule has 1 aromatic carbocycles. The van der Waals surface area contributed by atoms with E-state index in [9.17, 15) is 9.59 Å². The van der Waals surface area contributed by atoms with Crippen LogP contribution in [-0.4, -0.2) is 23.7 Å². The summed E-state index contributed by atoms with van der Waals surface area (Å²) < 4.78 is 0. The van der Waals surface area contributed by atoms with E-state index in [2.05, 4.69) is 10.6 Å². The molecule has 0 heterocycles. The molecule has 2 amide bonds. The molecule has 0 saturated carbocycles. The number of aryl methyl sites for hydroxylation is 1. The minimum Gasteiger partial charge on any atom is -0.481 e. The van der Waals surface area contributed by atoms with E-state index in [-0.39, 0.29) is 19.0 Å². The molecule has 0 atom stereocenters. The summed E-state index contributed by atoms with van der Waals surface area (Å²) in [6.07, 6.45) is -0.0898. The van der Waals surface area contributed by atoms with Gasteiger partial charge in [0, 0.05) is 18.1 Å². The van der Waals surface area contributed by atoms with Crippen molar-refractivity contribution in [3.8, 4) is 0 Å². The van der Waals surface area contributed by atoms with Crippen LogP contribution in [0.5, 0.6) is 0 Å². The molecule has 5 nitrogen and oxygen atoms in total. The fourth-order valence-electron chi connectivity index (χ4n) is 1.34. The number of amides is 2. The van der Waals surface area contributed by atoms with Gasteiger partial charge in [-0.3, -0.25) is 4.79 Å². The topological polar surface area (TPSA) is 78.4 Å². The van der Waals surface area contributed by atoms with E-state index in [0.717, 1.165) is 11.1 Å². The maximum Gasteiger partial charge on any atom is 0.315 e. The first-order valence-corrected chi connectivity index (χ1v) is 5.85. The third-order valence-electron chi connectivity index (χ3n) is 2.30. The first kappa shape index (κ1) is 14.3. The number of hydrogen-bond acceptors (Lipinski definition) is 2. The molecule has 3 N–H and O–H groups in total. The number of urea groups is 1. The molecule has 0 aliphatic rings. The predicted molar refractivity (Wildman–Crippen MR) is 68.7 cm³/mol. The summed E-state index contributed by atoms with van der Waals surface area (Å²) in [5.41, 5.74) is 1.88. The Balaban J connectivity index is 2.33. The van der Waals surface area contributed by atoms with Gasteiger partial charge in [-0.2, -0.15) is 0 Å². The van der Waals surface area contributed by atoms with Crippen LogP contribution < -0.4 is 10.6 Å². The summed E-state index contributed by atoms with van der Waals surface area (Å²) in [5, 5.41) is 14.2. The van der Waals surface area contributed by atoms with Crippen LogP contribution in [-0.2, 0) is 11.3 Å². The van der Waals surface area contributed by atoms with Gasteiger partial charge >= 0.3 is 12.0 Å². The van der Waals surface area contributed by atoms with Crippen LogP contribution in [0.4, 0.5) is 4.79 Å². The van der Waals surface area contributed by atoms with Crippen molar-refractivity contribution in [1.29, 1.82) is 0 Å². The Morgan fingerprint density at radius 1 is 1.33 bits per heavy atom. The monoisotopic (exact) mass is 270 g/mol. The van der Waals surface area contributed by atoms with Gasteiger partial charge in [-0.1, -0.05) is 23.7 Å². The molecule has 98 valence electrons. The van der Waals surface area contributed by atoms with E-state index in [0.29, 0.717) is 11.6 Å². The highest BCUT2D eigenvalue weighted by molar-refractivity contribution is 6.31. The van der Waals surface area contributed by atoms with Crippen LogP contribution in [0.25, 0.3) is 0 Å². The molecule has 0 spiro atoms. The second kappa shape index (κ2) is 6.86. The van der Waals surface area contributed by atoms with Crippen molar-refractivity contribution in [2.24, 2.45) is 0 Å². The normalized spacial score (nSPS) is 9.89. The van der Waals surface area contributed by atoms with Crippen molar-refractivity contribution in [1.82, 2.24) is 10.6 Å². The quantitative estimate of drug-likeness (QED) is 0.765. The first-order valence-electron chi connectivity index (χ1n) is 5.47. The SMILES string of the molecule is Cc1cc(CNC(=O)NCCC(=O)O)ccc1Cl. The second-order valence-corrected chi connectivity index (χ2v) is 4.24. The van der Waals surface area contributed by atoms with Gasteiger partial charge in [-0.05, 0) is 24.1 Å². The van der Waals surface area contributed by atoms with Crippen LogP contribution in [0.2, 0.25) is 5.02 Å². The molecule has 0 aliphatic carbocycles. The predicted octanol–water partition coefficient (Wildman–Crippen LogP) is 1.92. The molecule has 1 aromatic rings. The Kier molecular flexibility index (Phi) is 5.45. The van der Waals surface area contributed by atoms with Crippen molar-refractivity contribution < 1.29 is 14.7 Å². The molecule has 0 bridgehead atoms. The lowest BCUT2D eigenvalue weighted by molar-refractivity contribution is -0.136. The third-order valence-corrected chi connectivity index (χ3v) is 2.72. The lowest BCUT2D eigenvalue weighted by Gasteiger charge is -2.07. The molecule has 0 saturated heterocycles. The fourth-order valence-corrected chi connectivity index (χ4v) is 1.46. The first-order chi connectivity index (χ1) is 8.49. The zero-order valence-corrected chi connectivity index (χ0v) is 10.8. The summed E-state index contributed by atoms with van der Waals surface area (Å²) in [5.74, 6) is -0.941. The standard InChI is InChI=1S/C12H15ClN2O3/c1-8-6-9(2-3-10(8)13)7-15-12(18)14-5-4-11(16)17/h2-3,6H,4-5,7H2,1H3,(H,16,17)(H2,14,15,18). The Bertz CT molecular complexity index is 449. The van der Waals surface area contributed by atoms with E-state index < -0.39 is 5.97 Å². The van der Waals surface area contributed by atoms with Crippen molar-refractivity contribution in [2.75, 3.05) is 6.54 Å². The van der Waals surface area contributed by atoms with Gasteiger partial charge < -0.3 is 15.7 Å². The second-order valence-electron chi connectivity index (χ2n) is 3.84. The Hall–Kier alpha value is -1.75. The average molecular weight is 271 g/mol. The Morgan fingerprint density at radius 3 is 2.67 bits per heavy atom. The van der Waals surface area contributed by atoms with Crippen LogP contribution in [0.1, 0.15) is 17.5 Å². The molecular weight excluding hydrogens is 256 g/mol. The molecule has 0 aliphatic heterocycles. The Morgan fingerprint density at radius 2 is 2.06 bits per heavy atom. The zero-order chi connectivity index (χ0) is 13.5. The Labute approximate surface area is 110 Å². The average Bonchev–Trinajstić information content (AvgIpc) is 2.30. The van der Waals surface area contributed by atoms with Crippen LogP contribution in [0, 0.1) is 6.92 Å². The highest BCUT2D eigenvalue weighted by Gasteiger charge is 2.03. The highest BCUT2D eigenvalue weighted by Crippen LogP contribution is 2.15. The zero-order valence-electron chi connectivity index (χ0n) is 10.00. The van der Waals surface area contributed by atoms with Crippen molar-refractivity contribution in [2.45, 2.75) is 19.9 Å². The molecule has 18 heavy (non-hydrogen) atoms. The van der Waals surface area contributed by atoms with E-state index in [4.69, 9.17) is 16.7 Å². The summed E-state index contributed by atoms with van der Waals surface area (Å²) in [6.45, 7) is 2.37. The minimum absolute atomic E-state index is 0.0898. The number of carboxylic acid groups (broad SMARTS) is 1. The van der Waals surface area contributed by atoms with Gasteiger partial charge in [-0.25, -0.2) is 4.79 Å². The van der Waals surface area contributed by atoms with Crippen LogP contribution in [0.3, 0.4) is 0 Å². The number of halogens is 1. The maximum atomic E-state index is 11.3. The number of carbonyl (C=O) groups excluding carboxylic acids is 1. The van der Waals surface area contributed by atoms with E-state index in [1.807, 2.05) is 19.1 Å². The minimum atomic E-state index is -0.941. The molecular formula is C12H15ClN2O3. The molecule has 1 rings (SSSR count). The van der Waals surface area contributed by atoms with E-state index in [1.165, 1.54) is 0 Å². The number of benzene rings is 1. The van der Waals surface area contributed by atoms with Crippen LogP contribution >= 0.6 is 11.6 Å². The smallest absolute Gasteiger partial charge is 0.315 e. The number of hydrogen-bond donors (Lipinski definition) is 3. The summed E-state index contributed by atoms with van der Waals surface area (Å²) in [4.78, 5) is 21.6. The van der Waals surface area contributed by atoms with Crippen molar-refractivity contribution in [3.63, 3.8) is 0 Å². The largest absolute Gasteiger partial charge is 0.481 e. The number of rotatable bonds is 5. The third kappa shape index (κ3) is 5.05. The maximum absolute atomic E-state index is 11.3. The van der Waals surface area contributed by atoms with Crippen molar-refractivity contribution in [3.05, 3.63) is 34.3 Å². The molecule has 6 heteroatoms. The van der Waals surface area contributed by atoms with Gasteiger partial charge in [-0.15, -0.1) is 0 Å². The summed E-state index contributed by atoms with van der Waals surface area (Å²) in [7, 11) is 0. The molecule has 0 unspecified atom stereocenters. The summed E-state index contributed by atoms with van der Waals surface area (Å²) >= 11 is 5.89. The van der Waals surface area contributed by atoms with Crippen LogP contribution in [0.15, 0.2) is 18.2 Å². The number of carboxylic acids is 1. The lowest BCUT2D eigenvalue weighted by Crippen LogP contribution is -2.36.